The van der Waals surface area contributed by atoms with Crippen molar-refractivity contribution in [3.63, 3.8) is 0 Å². The van der Waals surface area contributed by atoms with Crippen LogP contribution in [-0.4, -0.2) is 17.4 Å². The van der Waals surface area contributed by atoms with Gasteiger partial charge in [0.1, 0.15) is 12.4 Å². The quantitative estimate of drug-likeness (QED) is 0.635. The first-order chi connectivity index (χ1) is 12.3. The lowest BCUT2D eigenvalue weighted by atomic mass is 10.0. The lowest BCUT2D eigenvalue weighted by Crippen LogP contribution is -2.34. The molecule has 5 heteroatoms. The summed E-state index contributed by atoms with van der Waals surface area (Å²) in [5.74, 6) is 1.99. The Bertz CT molecular complexity index is 741. The van der Waals surface area contributed by atoms with Crippen LogP contribution in [0, 0.1) is 5.92 Å². The van der Waals surface area contributed by atoms with Gasteiger partial charge in [-0.3, -0.25) is 4.31 Å². The highest BCUT2D eigenvalue weighted by atomic mass is 35.5. The number of hydrogen-bond donors (Lipinski definition) is 0. The summed E-state index contributed by atoms with van der Waals surface area (Å²) in [4.78, 5) is 0.798. The first-order valence-electron chi connectivity index (χ1n) is 9.01. The minimum Gasteiger partial charge on any atom is -0.489 e. The molecule has 0 N–H and O–H groups in total. The third-order valence-corrected chi connectivity index (χ3v) is 5.38. The molecule has 2 aromatic carbocycles. The first kappa shape index (κ1) is 20.8. The summed E-state index contributed by atoms with van der Waals surface area (Å²) in [6.07, 6.45) is 0. The molecule has 0 saturated carbocycles. The number of ether oxygens (including phenoxy) is 1. The molecular weight excluding hydrogens is 366 g/mol. The van der Waals surface area contributed by atoms with E-state index in [1.165, 1.54) is 5.56 Å². The molecule has 2 aromatic rings. The molecule has 1 atom stereocenters. The molecule has 1 aliphatic rings. The number of benzene rings is 2. The van der Waals surface area contributed by atoms with Gasteiger partial charge in [-0.05, 0) is 41.7 Å². The summed E-state index contributed by atoms with van der Waals surface area (Å²) >= 11 is 5.99. The topological polar surface area (TPSA) is 29.5 Å². The van der Waals surface area contributed by atoms with Gasteiger partial charge in [-0.2, -0.15) is 0 Å². The Morgan fingerprint density at radius 1 is 1.04 bits per heavy atom. The van der Waals surface area contributed by atoms with Gasteiger partial charge in [0, 0.05) is 11.1 Å². The smallest absolute Gasteiger partial charge is 0.153 e. The lowest BCUT2D eigenvalue weighted by Gasteiger charge is -2.30. The van der Waals surface area contributed by atoms with Gasteiger partial charge in [0.2, 0.25) is 0 Å². The molecule has 1 aliphatic heterocycles. The number of anilines is 1. The van der Waals surface area contributed by atoms with Crippen LogP contribution < -0.4 is 9.04 Å². The SMILES string of the molecule is CC(C)C.CC(C)c1ccc(S(=O)N2CCOc3cc(Cl)ccc32)cc1. The Balaban J connectivity index is 0.000000552. The van der Waals surface area contributed by atoms with Gasteiger partial charge in [0.05, 0.1) is 17.1 Å². The highest BCUT2D eigenvalue weighted by Gasteiger charge is 2.24. The standard InChI is InChI=1S/C17H18ClNO2S.C4H10/c1-12(2)13-3-6-15(7-4-13)22(20)19-9-10-21-17-11-14(18)5-8-16(17)19;1-4(2)3/h3-8,11-12H,9-10H2,1-2H3;4H,1-3H3. The molecule has 0 aliphatic carbocycles. The van der Waals surface area contributed by atoms with E-state index in [2.05, 4.69) is 34.6 Å². The van der Waals surface area contributed by atoms with Crippen LogP contribution >= 0.6 is 11.6 Å². The van der Waals surface area contributed by atoms with Crippen LogP contribution in [0.2, 0.25) is 5.02 Å². The predicted octanol–water partition coefficient (Wildman–Crippen LogP) is 6.05. The maximum Gasteiger partial charge on any atom is 0.153 e. The molecule has 0 aromatic heterocycles. The average Bonchev–Trinajstić information content (AvgIpc) is 2.60. The van der Waals surface area contributed by atoms with Crippen LogP contribution in [-0.2, 0) is 11.0 Å². The summed E-state index contributed by atoms with van der Waals surface area (Å²) in [6.45, 7) is 11.9. The maximum atomic E-state index is 12.9. The van der Waals surface area contributed by atoms with E-state index in [9.17, 15) is 4.21 Å². The van der Waals surface area contributed by atoms with Crippen molar-refractivity contribution in [3.8, 4) is 5.75 Å². The molecule has 3 nitrogen and oxygen atoms in total. The van der Waals surface area contributed by atoms with Crippen molar-refractivity contribution in [1.29, 1.82) is 0 Å². The highest BCUT2D eigenvalue weighted by Crippen LogP contribution is 2.36. The van der Waals surface area contributed by atoms with Crippen molar-refractivity contribution in [1.82, 2.24) is 0 Å². The summed E-state index contributed by atoms with van der Waals surface area (Å²) < 4.78 is 20.3. The van der Waals surface area contributed by atoms with Gasteiger partial charge >= 0.3 is 0 Å². The summed E-state index contributed by atoms with van der Waals surface area (Å²) in [5.41, 5.74) is 2.07. The number of halogens is 1. The van der Waals surface area contributed by atoms with E-state index < -0.39 is 11.0 Å². The number of fused-ring (bicyclic) bond motifs is 1. The molecule has 0 radical (unpaired) electrons. The summed E-state index contributed by atoms with van der Waals surface area (Å²) in [6, 6.07) is 13.4. The van der Waals surface area contributed by atoms with Gasteiger partial charge in [-0.1, -0.05) is 58.4 Å². The van der Waals surface area contributed by atoms with Crippen molar-refractivity contribution in [3.05, 3.63) is 53.1 Å². The van der Waals surface area contributed by atoms with E-state index in [-0.39, 0.29) is 0 Å². The van der Waals surface area contributed by atoms with Gasteiger partial charge in [0.25, 0.3) is 0 Å². The van der Waals surface area contributed by atoms with Gasteiger partial charge < -0.3 is 4.74 Å². The third-order valence-electron chi connectivity index (χ3n) is 3.69. The molecule has 1 heterocycles. The van der Waals surface area contributed by atoms with E-state index in [4.69, 9.17) is 16.3 Å². The molecule has 3 rings (SSSR count). The van der Waals surface area contributed by atoms with Crippen LogP contribution in [0.5, 0.6) is 5.75 Å². The molecule has 0 amide bonds. The predicted molar refractivity (Wildman–Crippen MR) is 112 cm³/mol. The molecule has 1 unspecified atom stereocenters. The first-order valence-corrected chi connectivity index (χ1v) is 10.5. The second-order valence-electron chi connectivity index (χ2n) is 7.27. The zero-order chi connectivity index (χ0) is 19.3. The fraction of sp³-hybridized carbons (Fsp3) is 0.429. The van der Waals surface area contributed by atoms with Crippen molar-refractivity contribution in [2.45, 2.75) is 45.4 Å². The zero-order valence-electron chi connectivity index (χ0n) is 16.2. The monoisotopic (exact) mass is 393 g/mol. The lowest BCUT2D eigenvalue weighted by molar-refractivity contribution is 0.317. The Morgan fingerprint density at radius 3 is 2.23 bits per heavy atom. The fourth-order valence-electron chi connectivity index (χ4n) is 2.44. The molecule has 26 heavy (non-hydrogen) atoms. The second kappa shape index (κ2) is 9.43. The van der Waals surface area contributed by atoms with Crippen molar-refractivity contribution in [2.24, 2.45) is 5.92 Å². The normalized spacial score (nSPS) is 14.4. The van der Waals surface area contributed by atoms with E-state index in [0.29, 0.717) is 29.8 Å². The van der Waals surface area contributed by atoms with Crippen molar-refractivity contribution >= 4 is 28.3 Å². The van der Waals surface area contributed by atoms with Gasteiger partial charge in [-0.15, -0.1) is 0 Å². The minimum atomic E-state index is -1.25. The van der Waals surface area contributed by atoms with Crippen LogP contribution in [0.4, 0.5) is 5.69 Å². The van der Waals surface area contributed by atoms with E-state index >= 15 is 0 Å². The van der Waals surface area contributed by atoms with Crippen LogP contribution in [0.3, 0.4) is 0 Å². The highest BCUT2D eigenvalue weighted by molar-refractivity contribution is 7.86. The van der Waals surface area contributed by atoms with E-state index in [1.54, 1.807) is 12.1 Å². The van der Waals surface area contributed by atoms with E-state index in [0.717, 1.165) is 16.5 Å². The minimum absolute atomic E-state index is 0.466. The van der Waals surface area contributed by atoms with Crippen LogP contribution in [0.25, 0.3) is 0 Å². The van der Waals surface area contributed by atoms with Crippen molar-refractivity contribution < 1.29 is 8.95 Å². The summed E-state index contributed by atoms with van der Waals surface area (Å²) in [7, 11) is -1.25. The van der Waals surface area contributed by atoms with Gasteiger partial charge in [-0.25, -0.2) is 4.21 Å². The van der Waals surface area contributed by atoms with Crippen LogP contribution in [0.15, 0.2) is 47.4 Å². The molecule has 142 valence electrons. The Kier molecular flexibility index (Phi) is 7.54. The molecule has 0 spiro atoms. The Hall–Kier alpha value is -1.52. The van der Waals surface area contributed by atoms with Crippen molar-refractivity contribution in [2.75, 3.05) is 17.5 Å². The molecular formula is C21H28ClNO2S. The van der Waals surface area contributed by atoms with Gasteiger partial charge in [0.15, 0.2) is 11.0 Å². The average molecular weight is 394 g/mol. The Morgan fingerprint density at radius 2 is 1.65 bits per heavy atom. The van der Waals surface area contributed by atoms with Crippen LogP contribution in [0.1, 0.15) is 46.1 Å². The molecule has 0 bridgehead atoms. The zero-order valence-corrected chi connectivity index (χ0v) is 17.7. The van der Waals surface area contributed by atoms with E-state index in [1.807, 2.05) is 34.6 Å². The fourth-order valence-corrected chi connectivity index (χ4v) is 3.79. The number of rotatable bonds is 3. The molecule has 0 fully saturated rings. The number of hydrogen-bond acceptors (Lipinski definition) is 2. The third kappa shape index (κ3) is 5.49. The Labute approximate surface area is 164 Å². The molecule has 0 saturated heterocycles. The largest absolute Gasteiger partial charge is 0.489 e. The summed E-state index contributed by atoms with van der Waals surface area (Å²) in [5, 5.41) is 0.618. The second-order valence-corrected chi connectivity index (χ2v) is 9.11. The maximum absolute atomic E-state index is 12.9. The number of nitrogens with zero attached hydrogens (tertiary/aromatic N) is 1.